The number of nitrogens with one attached hydrogen (secondary N) is 1. The molecule has 3 rings (SSSR count). The molecule has 1 aliphatic carbocycles. The second-order valence-electron chi connectivity index (χ2n) is 5.49. The van der Waals surface area contributed by atoms with Crippen LogP contribution in [0.15, 0.2) is 17.5 Å². The van der Waals surface area contributed by atoms with Crippen LogP contribution < -0.4 is 11.1 Å². The molecule has 1 spiro atoms. The van der Waals surface area contributed by atoms with Gasteiger partial charge >= 0.3 is 0 Å². The SMILES string of the molecule is NC(=O)C1(NCc2cccs2)CCC2(CC1)OCCO2. The molecule has 1 aliphatic heterocycles. The van der Waals surface area contributed by atoms with Crippen LogP contribution in [0.4, 0.5) is 0 Å². The number of ether oxygens (including phenoxy) is 2. The Hall–Kier alpha value is -0.950. The maximum Gasteiger partial charge on any atom is 0.237 e. The number of hydrogen-bond donors (Lipinski definition) is 2. The molecule has 20 heavy (non-hydrogen) atoms. The topological polar surface area (TPSA) is 73.6 Å². The molecule has 1 saturated carbocycles. The number of carbonyl (C=O) groups excluding carboxylic acids is 1. The zero-order valence-corrected chi connectivity index (χ0v) is 12.2. The summed E-state index contributed by atoms with van der Waals surface area (Å²) in [7, 11) is 0. The van der Waals surface area contributed by atoms with Crippen molar-refractivity contribution in [2.75, 3.05) is 13.2 Å². The molecule has 0 unspecified atom stereocenters. The van der Waals surface area contributed by atoms with Crippen LogP contribution in [0.3, 0.4) is 0 Å². The number of nitrogens with two attached hydrogens (primary N) is 1. The summed E-state index contributed by atoms with van der Waals surface area (Å²) in [6.07, 6.45) is 2.75. The van der Waals surface area contributed by atoms with E-state index in [-0.39, 0.29) is 5.91 Å². The Labute approximate surface area is 122 Å². The van der Waals surface area contributed by atoms with Crippen LogP contribution in [-0.2, 0) is 20.8 Å². The van der Waals surface area contributed by atoms with Crippen LogP contribution in [0.1, 0.15) is 30.6 Å². The van der Waals surface area contributed by atoms with Gasteiger partial charge in [0.05, 0.1) is 18.8 Å². The summed E-state index contributed by atoms with van der Waals surface area (Å²) in [6.45, 7) is 1.97. The average Bonchev–Trinajstić information content (AvgIpc) is 3.10. The van der Waals surface area contributed by atoms with Gasteiger partial charge in [0.2, 0.25) is 5.91 Å². The number of primary amides is 1. The highest BCUT2D eigenvalue weighted by Gasteiger charge is 2.48. The summed E-state index contributed by atoms with van der Waals surface area (Å²) < 4.78 is 11.4. The molecule has 1 aromatic rings. The first-order valence-electron chi connectivity index (χ1n) is 6.99. The lowest BCUT2D eigenvalue weighted by Gasteiger charge is -2.42. The van der Waals surface area contributed by atoms with E-state index in [1.807, 2.05) is 11.4 Å². The van der Waals surface area contributed by atoms with Gasteiger partial charge < -0.3 is 15.2 Å². The Bertz CT molecular complexity index is 459. The van der Waals surface area contributed by atoms with E-state index in [0.29, 0.717) is 45.4 Å². The molecule has 6 heteroatoms. The van der Waals surface area contributed by atoms with E-state index in [1.165, 1.54) is 4.88 Å². The third-order valence-electron chi connectivity index (χ3n) is 4.33. The molecule has 0 bridgehead atoms. The van der Waals surface area contributed by atoms with Crippen molar-refractivity contribution in [1.29, 1.82) is 0 Å². The minimum atomic E-state index is -0.634. The third-order valence-corrected chi connectivity index (χ3v) is 5.21. The van der Waals surface area contributed by atoms with Crippen molar-refractivity contribution in [3.05, 3.63) is 22.4 Å². The Balaban J connectivity index is 1.65. The van der Waals surface area contributed by atoms with E-state index in [2.05, 4.69) is 11.4 Å². The van der Waals surface area contributed by atoms with Gasteiger partial charge in [-0.05, 0) is 24.3 Å². The molecule has 110 valence electrons. The second kappa shape index (κ2) is 5.44. The molecule has 1 aromatic heterocycles. The predicted molar refractivity (Wildman–Crippen MR) is 76.2 cm³/mol. The van der Waals surface area contributed by atoms with Gasteiger partial charge in [0, 0.05) is 24.3 Å². The molecular weight excluding hydrogens is 276 g/mol. The molecular formula is C14H20N2O3S. The Morgan fingerprint density at radius 2 is 2.00 bits per heavy atom. The van der Waals surface area contributed by atoms with E-state index in [1.54, 1.807) is 11.3 Å². The van der Waals surface area contributed by atoms with Gasteiger partial charge in [-0.3, -0.25) is 10.1 Å². The third kappa shape index (κ3) is 2.61. The maximum absolute atomic E-state index is 11.9. The van der Waals surface area contributed by atoms with Crippen molar-refractivity contribution in [2.45, 2.75) is 43.6 Å². The lowest BCUT2D eigenvalue weighted by atomic mass is 9.78. The van der Waals surface area contributed by atoms with Crippen molar-refractivity contribution in [1.82, 2.24) is 5.32 Å². The van der Waals surface area contributed by atoms with Crippen molar-refractivity contribution < 1.29 is 14.3 Å². The van der Waals surface area contributed by atoms with Crippen LogP contribution in [-0.4, -0.2) is 30.4 Å². The minimum Gasteiger partial charge on any atom is -0.368 e. The molecule has 2 fully saturated rings. The highest BCUT2D eigenvalue weighted by atomic mass is 32.1. The van der Waals surface area contributed by atoms with Crippen molar-refractivity contribution in [2.24, 2.45) is 5.73 Å². The smallest absolute Gasteiger partial charge is 0.237 e. The fourth-order valence-electron chi connectivity index (χ4n) is 3.02. The number of amides is 1. The highest BCUT2D eigenvalue weighted by Crippen LogP contribution is 2.40. The number of hydrogen-bond acceptors (Lipinski definition) is 5. The molecule has 0 atom stereocenters. The summed E-state index contributed by atoms with van der Waals surface area (Å²) in [5.41, 5.74) is 5.01. The Kier molecular flexibility index (Phi) is 3.81. The number of carbonyl (C=O) groups is 1. The lowest BCUT2D eigenvalue weighted by Crippen LogP contribution is -2.59. The van der Waals surface area contributed by atoms with Gasteiger partial charge in [0.25, 0.3) is 0 Å². The fourth-order valence-corrected chi connectivity index (χ4v) is 3.67. The van der Waals surface area contributed by atoms with Crippen molar-refractivity contribution >= 4 is 17.2 Å². The van der Waals surface area contributed by atoms with Gasteiger partial charge in [0.15, 0.2) is 5.79 Å². The number of rotatable bonds is 4. The average molecular weight is 296 g/mol. The monoisotopic (exact) mass is 296 g/mol. The quantitative estimate of drug-likeness (QED) is 0.880. The minimum absolute atomic E-state index is 0.276. The largest absolute Gasteiger partial charge is 0.368 e. The van der Waals surface area contributed by atoms with Crippen LogP contribution in [0.5, 0.6) is 0 Å². The van der Waals surface area contributed by atoms with Crippen LogP contribution >= 0.6 is 11.3 Å². The van der Waals surface area contributed by atoms with Gasteiger partial charge in [0.1, 0.15) is 0 Å². The maximum atomic E-state index is 11.9. The molecule has 0 radical (unpaired) electrons. The molecule has 5 nitrogen and oxygen atoms in total. The van der Waals surface area contributed by atoms with Gasteiger partial charge in [-0.2, -0.15) is 0 Å². The molecule has 1 amide bonds. The second-order valence-corrected chi connectivity index (χ2v) is 6.52. The predicted octanol–water partition coefficient (Wildman–Crippen LogP) is 1.38. The van der Waals surface area contributed by atoms with E-state index in [9.17, 15) is 4.79 Å². The van der Waals surface area contributed by atoms with Crippen LogP contribution in [0, 0.1) is 0 Å². The summed E-state index contributed by atoms with van der Waals surface area (Å²) in [4.78, 5) is 13.1. The summed E-state index contributed by atoms with van der Waals surface area (Å²) in [5.74, 6) is -0.745. The van der Waals surface area contributed by atoms with Crippen molar-refractivity contribution in [3.8, 4) is 0 Å². The van der Waals surface area contributed by atoms with Crippen LogP contribution in [0.25, 0.3) is 0 Å². The van der Waals surface area contributed by atoms with Gasteiger partial charge in [-0.15, -0.1) is 11.3 Å². The highest BCUT2D eigenvalue weighted by molar-refractivity contribution is 7.09. The van der Waals surface area contributed by atoms with E-state index in [4.69, 9.17) is 15.2 Å². The summed E-state index contributed by atoms with van der Waals surface area (Å²) in [5, 5.41) is 5.40. The van der Waals surface area contributed by atoms with E-state index < -0.39 is 11.3 Å². The molecule has 2 aliphatic rings. The molecule has 1 saturated heterocycles. The fraction of sp³-hybridized carbons (Fsp3) is 0.643. The Morgan fingerprint density at radius 1 is 1.30 bits per heavy atom. The summed E-state index contributed by atoms with van der Waals surface area (Å²) >= 11 is 1.68. The van der Waals surface area contributed by atoms with E-state index >= 15 is 0 Å². The first kappa shape index (κ1) is 14.0. The lowest BCUT2D eigenvalue weighted by molar-refractivity contribution is -0.187. The van der Waals surface area contributed by atoms with Crippen LogP contribution in [0.2, 0.25) is 0 Å². The Morgan fingerprint density at radius 3 is 2.55 bits per heavy atom. The zero-order chi connectivity index (χ0) is 14.1. The molecule has 3 N–H and O–H groups in total. The van der Waals surface area contributed by atoms with Gasteiger partial charge in [-0.25, -0.2) is 0 Å². The first-order valence-corrected chi connectivity index (χ1v) is 7.87. The van der Waals surface area contributed by atoms with Crippen molar-refractivity contribution in [3.63, 3.8) is 0 Å². The standard InChI is InChI=1S/C14H20N2O3S/c15-12(17)13(16-10-11-2-1-9-20-11)3-5-14(6-4-13)18-7-8-19-14/h1-2,9,16H,3-8,10H2,(H2,15,17). The number of thiophene rings is 1. The van der Waals surface area contributed by atoms with Gasteiger partial charge in [-0.1, -0.05) is 6.07 Å². The first-order chi connectivity index (χ1) is 9.64. The normalized spacial score (nSPS) is 24.0. The summed E-state index contributed by atoms with van der Waals surface area (Å²) in [6, 6.07) is 4.06. The molecule has 0 aromatic carbocycles. The van der Waals surface area contributed by atoms with E-state index in [0.717, 1.165) is 0 Å². The molecule has 2 heterocycles. The zero-order valence-electron chi connectivity index (χ0n) is 11.4.